The zero-order valence-corrected chi connectivity index (χ0v) is 25.5. The maximum atomic E-state index is 13.8. The van der Waals surface area contributed by atoms with Crippen LogP contribution in [0.25, 0.3) is 11.2 Å². The Hall–Kier alpha value is -4.18. The molecule has 5 rings (SSSR count). The number of ether oxygens (including phenoxy) is 1. The lowest BCUT2D eigenvalue weighted by Crippen LogP contribution is -2.36. The number of carbonyl (C=O) groups is 2. The molecule has 0 radical (unpaired) electrons. The number of halogens is 8. The van der Waals surface area contributed by atoms with E-state index in [1.54, 1.807) is 0 Å². The predicted molar refractivity (Wildman–Crippen MR) is 155 cm³/mol. The smallest absolute Gasteiger partial charge is 0.418 e. The number of hydrogen-bond acceptors (Lipinski definition) is 6. The minimum atomic E-state index is -4.70. The second-order valence-electron chi connectivity index (χ2n) is 11.8. The van der Waals surface area contributed by atoms with Crippen molar-refractivity contribution in [2.24, 2.45) is 5.41 Å². The number of imidazole rings is 1. The van der Waals surface area contributed by atoms with Crippen molar-refractivity contribution in [1.29, 1.82) is 0 Å². The van der Waals surface area contributed by atoms with Gasteiger partial charge >= 0.3 is 12.4 Å². The van der Waals surface area contributed by atoms with E-state index in [4.69, 9.17) is 4.74 Å². The number of pyridine rings is 1. The van der Waals surface area contributed by atoms with Crippen molar-refractivity contribution < 1.29 is 49.4 Å². The largest absolute Gasteiger partial charge is 0.471 e. The molecule has 0 aliphatic heterocycles. The Balaban J connectivity index is 0.000000930. The summed E-state index contributed by atoms with van der Waals surface area (Å²) in [5, 5.41) is 8.27. The summed E-state index contributed by atoms with van der Waals surface area (Å²) in [5.41, 5.74) is -1.25. The molecule has 4 N–H and O–H groups in total. The summed E-state index contributed by atoms with van der Waals surface area (Å²) in [7, 11) is 0. The summed E-state index contributed by atoms with van der Waals surface area (Å²) in [6.45, 7) is 1.04. The van der Waals surface area contributed by atoms with Gasteiger partial charge in [-0.3, -0.25) is 9.59 Å². The number of fused-ring (bicyclic) bond motifs is 1. The van der Waals surface area contributed by atoms with Crippen molar-refractivity contribution >= 4 is 34.6 Å². The number of amides is 2. The molecule has 2 aromatic heterocycles. The van der Waals surface area contributed by atoms with Crippen molar-refractivity contribution in [3.05, 3.63) is 41.0 Å². The summed E-state index contributed by atoms with van der Waals surface area (Å²) < 4.78 is 103. The fourth-order valence-electron chi connectivity index (χ4n) is 4.90. The third-order valence-electron chi connectivity index (χ3n) is 7.61. The molecule has 2 fully saturated rings. The van der Waals surface area contributed by atoms with E-state index in [2.05, 4.69) is 30.9 Å². The van der Waals surface area contributed by atoms with Crippen LogP contribution in [-0.4, -0.2) is 52.0 Å². The van der Waals surface area contributed by atoms with E-state index >= 15 is 0 Å². The van der Waals surface area contributed by atoms with Gasteiger partial charge in [-0.25, -0.2) is 8.78 Å². The zero-order chi connectivity index (χ0) is 34.6. The highest BCUT2D eigenvalue weighted by Gasteiger charge is 2.44. The van der Waals surface area contributed by atoms with E-state index in [1.165, 1.54) is 18.2 Å². The molecule has 0 unspecified atom stereocenters. The normalized spacial score (nSPS) is 16.3. The highest BCUT2D eigenvalue weighted by molar-refractivity contribution is 5.99. The van der Waals surface area contributed by atoms with Gasteiger partial charge in [-0.2, -0.15) is 36.3 Å². The molecular weight excluding hydrogens is 644 g/mol. The Morgan fingerprint density at radius 2 is 1.70 bits per heavy atom. The molecule has 0 atom stereocenters. The first-order valence-corrected chi connectivity index (χ1v) is 14.9. The van der Waals surface area contributed by atoms with Crippen LogP contribution in [0.15, 0.2) is 24.3 Å². The number of H-pyrrole nitrogens is 1. The molecule has 0 saturated heterocycles. The van der Waals surface area contributed by atoms with Gasteiger partial charge in [0, 0.05) is 24.9 Å². The number of hydrogen-bond donors (Lipinski definition) is 4. The fraction of sp³-hybridized carbons (Fsp3) is 0.533. The minimum absolute atomic E-state index is 0.0349. The van der Waals surface area contributed by atoms with Crippen molar-refractivity contribution in [3.8, 4) is 5.88 Å². The van der Waals surface area contributed by atoms with E-state index in [9.17, 15) is 44.7 Å². The van der Waals surface area contributed by atoms with Crippen molar-refractivity contribution in [2.75, 3.05) is 11.9 Å². The summed E-state index contributed by atoms with van der Waals surface area (Å²) in [6, 6.07) is 4.71. The lowest BCUT2D eigenvalue weighted by Gasteiger charge is -2.23. The molecule has 9 nitrogen and oxygen atoms in total. The Morgan fingerprint density at radius 3 is 2.30 bits per heavy atom. The second kappa shape index (κ2) is 14.3. The molecule has 2 aliphatic carbocycles. The number of nitrogens with one attached hydrogen (secondary N) is 4. The molecule has 258 valence electrons. The zero-order valence-electron chi connectivity index (χ0n) is 25.5. The van der Waals surface area contributed by atoms with Gasteiger partial charge in [-0.15, -0.1) is 0 Å². The molecule has 47 heavy (non-hydrogen) atoms. The summed E-state index contributed by atoms with van der Waals surface area (Å²) in [4.78, 5) is 36.4. The number of aromatic nitrogens is 3. The summed E-state index contributed by atoms with van der Waals surface area (Å²) in [6.07, 6.45) is -5.44. The van der Waals surface area contributed by atoms with Crippen LogP contribution in [-0.2, 0) is 17.5 Å². The quantitative estimate of drug-likeness (QED) is 0.166. The molecule has 3 aromatic rings. The second-order valence-corrected chi connectivity index (χ2v) is 11.8. The van der Waals surface area contributed by atoms with Crippen molar-refractivity contribution in [1.82, 2.24) is 25.6 Å². The fourth-order valence-corrected chi connectivity index (χ4v) is 4.90. The van der Waals surface area contributed by atoms with Gasteiger partial charge in [0.25, 0.3) is 12.3 Å². The van der Waals surface area contributed by atoms with Crippen LogP contribution >= 0.6 is 0 Å². The Morgan fingerprint density at radius 1 is 1.04 bits per heavy atom. The first-order chi connectivity index (χ1) is 21.9. The van der Waals surface area contributed by atoms with Gasteiger partial charge in [0.15, 0.2) is 12.3 Å². The first-order valence-electron chi connectivity index (χ1n) is 14.9. The summed E-state index contributed by atoms with van der Waals surface area (Å²) in [5.74, 6) is -1.20. The molecule has 2 saturated carbocycles. The number of nitrogens with zero attached hydrogens (tertiary/aromatic N) is 2. The van der Waals surface area contributed by atoms with E-state index in [0.29, 0.717) is 5.56 Å². The number of alkyl halides is 8. The first kappa shape index (κ1) is 35.7. The van der Waals surface area contributed by atoms with Crippen LogP contribution in [0, 0.1) is 5.41 Å². The van der Waals surface area contributed by atoms with Gasteiger partial charge < -0.3 is 25.7 Å². The van der Waals surface area contributed by atoms with Crippen molar-refractivity contribution in [3.63, 3.8) is 0 Å². The van der Waals surface area contributed by atoms with Gasteiger partial charge in [0.05, 0.1) is 16.8 Å². The van der Waals surface area contributed by atoms with E-state index in [1.807, 2.05) is 6.92 Å². The molecule has 0 spiro atoms. The van der Waals surface area contributed by atoms with E-state index in [0.717, 1.165) is 51.0 Å². The Labute approximate surface area is 264 Å². The van der Waals surface area contributed by atoms with Crippen LogP contribution in [0.4, 0.5) is 46.8 Å². The molecule has 1 aromatic carbocycles. The van der Waals surface area contributed by atoms with Crippen LogP contribution in [0.5, 0.6) is 5.88 Å². The number of benzene rings is 1. The average Bonchev–Trinajstić information content (AvgIpc) is 3.61. The third-order valence-corrected chi connectivity index (χ3v) is 7.61. The van der Waals surface area contributed by atoms with Gasteiger partial charge in [0.1, 0.15) is 5.56 Å². The monoisotopic (exact) mass is 678 g/mol. The maximum absolute atomic E-state index is 13.8. The molecule has 2 aliphatic rings. The molecular formula is C30H34F8N6O3. The standard InChI is InChI=1S/C28H31F5N6O3.C2H3F3/c1-27(9-10-27)25(41)34-13-15-7-8-18(28(31,32)33)19(11-15)36-26-37-20-12-17(23(40)35-16-5-3-2-4-6-16)24(38-22(20)39-26)42-14-21(29)30;1-2(3,4)5/h7-8,11-12,16,21H,2-6,9-10,13-14H2,1H3,(H,34,41)(H,35,40)(H2,36,37,38,39);1H3. The maximum Gasteiger partial charge on any atom is 0.418 e. The highest BCUT2D eigenvalue weighted by atomic mass is 19.4. The van der Waals surface area contributed by atoms with Crippen LogP contribution in [0.3, 0.4) is 0 Å². The number of rotatable bonds is 10. The topological polar surface area (TPSA) is 121 Å². The van der Waals surface area contributed by atoms with Gasteiger partial charge in [-0.05, 0) is 49.4 Å². The Kier molecular flexibility index (Phi) is 10.8. The molecule has 17 heteroatoms. The third kappa shape index (κ3) is 10.4. The van der Waals surface area contributed by atoms with Gasteiger partial charge in [0.2, 0.25) is 17.7 Å². The Bertz CT molecular complexity index is 1560. The highest BCUT2D eigenvalue weighted by Crippen LogP contribution is 2.45. The number of aromatic amines is 1. The molecule has 2 heterocycles. The van der Waals surface area contributed by atoms with E-state index < -0.39 is 42.3 Å². The van der Waals surface area contributed by atoms with E-state index in [-0.39, 0.29) is 59.7 Å². The summed E-state index contributed by atoms with van der Waals surface area (Å²) >= 11 is 0. The lowest BCUT2D eigenvalue weighted by atomic mass is 9.95. The molecule has 0 bridgehead atoms. The van der Waals surface area contributed by atoms with Crippen LogP contribution in [0.2, 0.25) is 0 Å². The van der Waals surface area contributed by atoms with Gasteiger partial charge in [-0.1, -0.05) is 32.3 Å². The SMILES string of the molecule is CC(F)(F)F.CC1(C(=O)NCc2ccc(C(F)(F)F)c(Nc3nc4nc(OCC(F)F)c(C(=O)NC5CCCCC5)cc4[nH]3)c2)CC1. The van der Waals surface area contributed by atoms with Crippen molar-refractivity contribution in [2.45, 2.75) is 90.2 Å². The molecule has 2 amide bonds. The minimum Gasteiger partial charge on any atom is -0.471 e. The van der Waals surface area contributed by atoms with Crippen LogP contribution < -0.4 is 20.7 Å². The number of anilines is 2. The lowest BCUT2D eigenvalue weighted by molar-refractivity contribution is -0.137. The number of carbonyl (C=O) groups excluding carboxylic acids is 2. The predicted octanol–water partition coefficient (Wildman–Crippen LogP) is 7.41. The average molecular weight is 679 g/mol. The van der Waals surface area contributed by atoms with Crippen LogP contribution in [0.1, 0.15) is 80.3 Å².